The van der Waals surface area contributed by atoms with Crippen molar-refractivity contribution in [2.75, 3.05) is 13.2 Å². The summed E-state index contributed by atoms with van der Waals surface area (Å²) >= 11 is 3.17. The zero-order valence-corrected chi connectivity index (χ0v) is 13.2. The summed E-state index contributed by atoms with van der Waals surface area (Å²) in [6, 6.07) is 2.88. The first-order valence-electron chi connectivity index (χ1n) is 5.90. The van der Waals surface area contributed by atoms with Crippen molar-refractivity contribution < 1.29 is 22.7 Å². The molecule has 2 rings (SSSR count). The molecule has 1 fully saturated rings. The number of primary sulfonamides is 1. The van der Waals surface area contributed by atoms with Crippen molar-refractivity contribution in [3.63, 3.8) is 0 Å². The lowest BCUT2D eigenvalue weighted by Crippen LogP contribution is -2.20. The summed E-state index contributed by atoms with van der Waals surface area (Å²) in [5, 5.41) is 5.14. The highest BCUT2D eigenvalue weighted by Gasteiger charge is 2.24. The van der Waals surface area contributed by atoms with Crippen molar-refractivity contribution in [1.82, 2.24) is 0 Å². The maximum atomic E-state index is 12.1. The van der Waals surface area contributed by atoms with Crippen LogP contribution < -0.4 is 5.14 Å². The molecule has 8 heteroatoms. The summed E-state index contributed by atoms with van der Waals surface area (Å²) in [5.74, 6) is -0.579. The Morgan fingerprint density at radius 3 is 2.75 bits per heavy atom. The van der Waals surface area contributed by atoms with E-state index in [-0.39, 0.29) is 22.1 Å². The standard InChI is InChI=1S/C12H14BrNO5S/c1-7-10(12(15)19-9-2-3-18-6-9)4-8(13)5-11(7)20(14,16)17/h4-5,9H,2-3,6H2,1H3,(H2,14,16,17). The van der Waals surface area contributed by atoms with Crippen LogP contribution >= 0.6 is 15.9 Å². The molecule has 110 valence electrons. The lowest BCUT2D eigenvalue weighted by Gasteiger charge is -2.13. The van der Waals surface area contributed by atoms with Gasteiger partial charge in [-0.3, -0.25) is 0 Å². The lowest BCUT2D eigenvalue weighted by molar-refractivity contribution is 0.0269. The molecule has 0 radical (unpaired) electrons. The highest BCUT2D eigenvalue weighted by molar-refractivity contribution is 9.10. The van der Waals surface area contributed by atoms with E-state index in [2.05, 4.69) is 15.9 Å². The van der Waals surface area contributed by atoms with Gasteiger partial charge in [0.15, 0.2) is 0 Å². The molecule has 2 N–H and O–H groups in total. The van der Waals surface area contributed by atoms with Gasteiger partial charge in [-0.2, -0.15) is 0 Å². The van der Waals surface area contributed by atoms with Crippen LogP contribution in [0.2, 0.25) is 0 Å². The number of benzene rings is 1. The zero-order valence-electron chi connectivity index (χ0n) is 10.8. The average molecular weight is 364 g/mol. The molecule has 0 bridgehead atoms. The molecule has 0 saturated carbocycles. The van der Waals surface area contributed by atoms with Crippen molar-refractivity contribution in [1.29, 1.82) is 0 Å². The van der Waals surface area contributed by atoms with E-state index in [1.807, 2.05) is 0 Å². The van der Waals surface area contributed by atoms with E-state index in [1.165, 1.54) is 19.1 Å². The average Bonchev–Trinajstić information content (AvgIpc) is 2.83. The minimum absolute atomic E-state index is 0.0958. The second-order valence-electron chi connectivity index (χ2n) is 4.51. The third-order valence-electron chi connectivity index (χ3n) is 3.01. The fourth-order valence-corrected chi connectivity index (χ4v) is 3.42. The SMILES string of the molecule is Cc1c(C(=O)OC2CCOC2)cc(Br)cc1S(N)(=O)=O. The van der Waals surface area contributed by atoms with Gasteiger partial charge in [-0.05, 0) is 24.6 Å². The van der Waals surface area contributed by atoms with Gasteiger partial charge in [0.25, 0.3) is 0 Å². The van der Waals surface area contributed by atoms with E-state index in [4.69, 9.17) is 14.6 Å². The highest BCUT2D eigenvalue weighted by Crippen LogP contribution is 2.25. The van der Waals surface area contributed by atoms with Crippen LogP contribution in [0, 0.1) is 6.92 Å². The third-order valence-corrected chi connectivity index (χ3v) is 4.51. The maximum Gasteiger partial charge on any atom is 0.338 e. The molecule has 1 saturated heterocycles. The van der Waals surface area contributed by atoms with Crippen LogP contribution in [-0.2, 0) is 19.5 Å². The summed E-state index contributed by atoms with van der Waals surface area (Å²) in [6.45, 7) is 2.44. The minimum Gasteiger partial charge on any atom is -0.456 e. The Morgan fingerprint density at radius 2 is 2.20 bits per heavy atom. The van der Waals surface area contributed by atoms with Crippen LogP contribution in [0.1, 0.15) is 22.3 Å². The summed E-state index contributed by atoms with van der Waals surface area (Å²) in [4.78, 5) is 12.0. The molecule has 1 aromatic rings. The summed E-state index contributed by atoms with van der Waals surface area (Å²) in [6.07, 6.45) is 0.347. The van der Waals surface area contributed by atoms with Gasteiger partial charge in [0.2, 0.25) is 10.0 Å². The van der Waals surface area contributed by atoms with Gasteiger partial charge in [0, 0.05) is 10.9 Å². The van der Waals surface area contributed by atoms with E-state index >= 15 is 0 Å². The molecule has 0 spiro atoms. The molecule has 20 heavy (non-hydrogen) atoms. The van der Waals surface area contributed by atoms with Crippen molar-refractivity contribution >= 4 is 31.9 Å². The second kappa shape index (κ2) is 5.80. The number of halogens is 1. The minimum atomic E-state index is -3.90. The Hall–Kier alpha value is -0.960. The Bertz CT molecular complexity index is 637. The van der Waals surface area contributed by atoms with Crippen LogP contribution in [0.5, 0.6) is 0 Å². The molecule has 0 aliphatic carbocycles. The molecular formula is C12H14BrNO5S. The number of sulfonamides is 1. The molecular weight excluding hydrogens is 350 g/mol. The van der Waals surface area contributed by atoms with Crippen LogP contribution in [-0.4, -0.2) is 33.7 Å². The summed E-state index contributed by atoms with van der Waals surface area (Å²) < 4.78 is 33.9. The molecule has 1 aliphatic heterocycles. The molecule has 1 atom stereocenters. The number of carbonyl (C=O) groups excluding carboxylic acids is 1. The van der Waals surface area contributed by atoms with Crippen LogP contribution in [0.4, 0.5) is 0 Å². The van der Waals surface area contributed by atoms with E-state index in [9.17, 15) is 13.2 Å². The molecule has 6 nitrogen and oxygen atoms in total. The monoisotopic (exact) mass is 363 g/mol. The number of carbonyl (C=O) groups is 1. The van der Waals surface area contributed by atoms with E-state index < -0.39 is 16.0 Å². The summed E-state index contributed by atoms with van der Waals surface area (Å²) in [7, 11) is -3.90. The van der Waals surface area contributed by atoms with E-state index in [1.54, 1.807) is 0 Å². The third kappa shape index (κ3) is 3.38. The molecule has 1 unspecified atom stereocenters. The van der Waals surface area contributed by atoms with Gasteiger partial charge >= 0.3 is 5.97 Å². The van der Waals surface area contributed by atoms with Crippen molar-refractivity contribution in [3.05, 3.63) is 27.7 Å². The number of ether oxygens (including phenoxy) is 2. The lowest BCUT2D eigenvalue weighted by atomic mass is 10.1. The van der Waals surface area contributed by atoms with Gasteiger partial charge in [0.05, 0.1) is 23.7 Å². The van der Waals surface area contributed by atoms with Gasteiger partial charge in [0.1, 0.15) is 6.10 Å². The zero-order chi connectivity index (χ0) is 14.9. The van der Waals surface area contributed by atoms with E-state index in [0.717, 1.165) is 0 Å². The Kier molecular flexibility index (Phi) is 4.48. The quantitative estimate of drug-likeness (QED) is 0.817. The van der Waals surface area contributed by atoms with Crippen molar-refractivity contribution in [3.8, 4) is 0 Å². The molecule has 1 aromatic carbocycles. The Balaban J connectivity index is 2.36. The topological polar surface area (TPSA) is 95.7 Å². The smallest absolute Gasteiger partial charge is 0.338 e. The number of hydrogen-bond donors (Lipinski definition) is 1. The first kappa shape index (κ1) is 15.4. The summed E-state index contributed by atoms with van der Waals surface area (Å²) in [5.41, 5.74) is 0.454. The van der Waals surface area contributed by atoms with Crippen LogP contribution in [0.15, 0.2) is 21.5 Å². The first-order chi connectivity index (χ1) is 9.29. The molecule has 1 aliphatic rings. The molecule has 0 aromatic heterocycles. The fraction of sp³-hybridized carbons (Fsp3) is 0.417. The van der Waals surface area contributed by atoms with E-state index in [0.29, 0.717) is 24.1 Å². The fourth-order valence-electron chi connectivity index (χ4n) is 1.98. The normalized spacial score (nSPS) is 19.1. The largest absolute Gasteiger partial charge is 0.456 e. The Morgan fingerprint density at radius 1 is 1.50 bits per heavy atom. The number of esters is 1. The van der Waals surface area contributed by atoms with Gasteiger partial charge < -0.3 is 9.47 Å². The van der Waals surface area contributed by atoms with Gasteiger partial charge in [-0.25, -0.2) is 18.4 Å². The van der Waals surface area contributed by atoms with Crippen LogP contribution in [0.3, 0.4) is 0 Å². The molecule has 1 heterocycles. The maximum absolute atomic E-state index is 12.1. The number of rotatable bonds is 3. The van der Waals surface area contributed by atoms with Crippen molar-refractivity contribution in [2.24, 2.45) is 5.14 Å². The second-order valence-corrected chi connectivity index (χ2v) is 6.96. The van der Waals surface area contributed by atoms with Crippen LogP contribution in [0.25, 0.3) is 0 Å². The predicted molar refractivity (Wildman–Crippen MR) is 74.9 cm³/mol. The first-order valence-corrected chi connectivity index (χ1v) is 8.24. The number of hydrogen-bond acceptors (Lipinski definition) is 5. The predicted octanol–water partition coefficient (Wildman–Crippen LogP) is 1.35. The molecule has 0 amide bonds. The highest BCUT2D eigenvalue weighted by atomic mass is 79.9. The van der Waals surface area contributed by atoms with Gasteiger partial charge in [-0.15, -0.1) is 0 Å². The van der Waals surface area contributed by atoms with Gasteiger partial charge in [-0.1, -0.05) is 15.9 Å². The number of nitrogens with two attached hydrogens (primary N) is 1. The van der Waals surface area contributed by atoms with Crippen molar-refractivity contribution in [2.45, 2.75) is 24.3 Å². The Labute approximate surface area is 125 Å².